The van der Waals surface area contributed by atoms with E-state index in [9.17, 15) is 0 Å². The van der Waals surface area contributed by atoms with Gasteiger partial charge in [-0.15, -0.1) is 0 Å². The minimum absolute atomic E-state index is 0.333. The molecule has 6 heteroatoms. The summed E-state index contributed by atoms with van der Waals surface area (Å²) in [4.78, 5) is 8.39. The SMILES string of the molecule is NC1=CN=C2NCC=C2C1(N)C1CCC(c2cnco2)CC1. The maximum absolute atomic E-state index is 6.81. The van der Waals surface area contributed by atoms with Crippen molar-refractivity contribution in [2.45, 2.75) is 37.1 Å². The summed E-state index contributed by atoms with van der Waals surface area (Å²) in [6, 6.07) is 0. The van der Waals surface area contributed by atoms with Gasteiger partial charge in [0.2, 0.25) is 0 Å². The van der Waals surface area contributed by atoms with Gasteiger partial charge in [0.25, 0.3) is 0 Å². The third kappa shape index (κ3) is 1.90. The lowest BCUT2D eigenvalue weighted by Gasteiger charge is -2.43. The van der Waals surface area contributed by atoms with Crippen LogP contribution in [0.5, 0.6) is 0 Å². The molecule has 0 bridgehead atoms. The molecule has 1 unspecified atom stereocenters. The maximum Gasteiger partial charge on any atom is 0.180 e. The molecule has 0 radical (unpaired) electrons. The first-order chi connectivity index (χ1) is 10.7. The molecule has 5 N–H and O–H groups in total. The van der Waals surface area contributed by atoms with Crippen LogP contribution in [0, 0.1) is 5.92 Å². The predicted molar refractivity (Wildman–Crippen MR) is 83.9 cm³/mol. The van der Waals surface area contributed by atoms with Crippen LogP contribution in [-0.2, 0) is 0 Å². The summed E-state index contributed by atoms with van der Waals surface area (Å²) in [6.07, 6.45) is 11.3. The van der Waals surface area contributed by atoms with E-state index in [1.807, 2.05) is 6.20 Å². The third-order valence-electron chi connectivity index (χ3n) is 5.31. The molecule has 1 saturated carbocycles. The second-order valence-electron chi connectivity index (χ2n) is 6.38. The molecule has 0 aromatic carbocycles. The maximum atomic E-state index is 6.81. The van der Waals surface area contributed by atoms with Crippen LogP contribution in [0.2, 0.25) is 0 Å². The van der Waals surface area contributed by atoms with Crippen molar-refractivity contribution in [3.05, 3.63) is 41.9 Å². The molecule has 1 aromatic heterocycles. The summed E-state index contributed by atoms with van der Waals surface area (Å²) in [5.41, 5.74) is 14.2. The Morgan fingerprint density at radius 2 is 2.09 bits per heavy atom. The van der Waals surface area contributed by atoms with E-state index in [2.05, 4.69) is 21.4 Å². The number of aromatic nitrogens is 1. The van der Waals surface area contributed by atoms with Gasteiger partial charge in [-0.25, -0.2) is 9.98 Å². The van der Waals surface area contributed by atoms with Crippen molar-refractivity contribution in [2.24, 2.45) is 22.4 Å². The highest BCUT2D eigenvalue weighted by Crippen LogP contribution is 2.44. The zero-order valence-electron chi connectivity index (χ0n) is 12.5. The van der Waals surface area contributed by atoms with Gasteiger partial charge in [-0.3, -0.25) is 0 Å². The van der Waals surface area contributed by atoms with E-state index in [0.29, 0.717) is 17.5 Å². The molecule has 1 aromatic rings. The molecule has 0 spiro atoms. The number of nitrogens with two attached hydrogens (primary N) is 2. The molecule has 3 heterocycles. The van der Waals surface area contributed by atoms with E-state index in [-0.39, 0.29) is 0 Å². The van der Waals surface area contributed by atoms with Crippen LogP contribution in [0.1, 0.15) is 37.4 Å². The van der Waals surface area contributed by atoms with E-state index >= 15 is 0 Å². The smallest absolute Gasteiger partial charge is 0.180 e. The number of nitrogens with one attached hydrogen (secondary N) is 1. The third-order valence-corrected chi connectivity index (χ3v) is 5.31. The van der Waals surface area contributed by atoms with Gasteiger partial charge in [-0.05, 0) is 31.6 Å². The summed E-state index contributed by atoms with van der Waals surface area (Å²) in [5.74, 6) is 2.65. The van der Waals surface area contributed by atoms with Gasteiger partial charge in [-0.1, -0.05) is 6.08 Å². The van der Waals surface area contributed by atoms with Gasteiger partial charge in [-0.2, -0.15) is 0 Å². The van der Waals surface area contributed by atoms with E-state index in [1.165, 1.54) is 6.39 Å². The Labute approximate surface area is 129 Å². The van der Waals surface area contributed by atoms with E-state index in [0.717, 1.165) is 49.4 Å². The fraction of sp³-hybridized carbons (Fsp3) is 0.500. The Kier molecular flexibility index (Phi) is 3.07. The molecule has 0 saturated heterocycles. The Hall–Kier alpha value is -2.08. The van der Waals surface area contributed by atoms with E-state index in [1.54, 1.807) is 6.20 Å². The Morgan fingerprint density at radius 3 is 2.82 bits per heavy atom. The van der Waals surface area contributed by atoms with Crippen molar-refractivity contribution >= 4 is 5.84 Å². The topological polar surface area (TPSA) is 102 Å². The Bertz CT molecular complexity index is 652. The van der Waals surface area contributed by atoms with Crippen LogP contribution in [0.4, 0.5) is 0 Å². The van der Waals surface area contributed by atoms with Gasteiger partial charge in [0.05, 0.1) is 23.6 Å². The van der Waals surface area contributed by atoms with Crippen molar-refractivity contribution < 1.29 is 4.42 Å². The Balaban J connectivity index is 1.55. The zero-order valence-corrected chi connectivity index (χ0v) is 12.5. The zero-order chi connectivity index (χ0) is 15.2. The number of rotatable bonds is 2. The number of nitrogens with zero attached hydrogens (tertiary/aromatic N) is 2. The Morgan fingerprint density at radius 1 is 1.27 bits per heavy atom. The predicted octanol–water partition coefficient (Wildman–Crippen LogP) is 1.39. The van der Waals surface area contributed by atoms with E-state index in [4.69, 9.17) is 15.9 Å². The summed E-state index contributed by atoms with van der Waals surface area (Å²) in [5, 5.41) is 3.26. The second-order valence-corrected chi connectivity index (χ2v) is 6.38. The monoisotopic (exact) mass is 299 g/mol. The molecule has 116 valence electrons. The normalized spacial score (nSPS) is 34.3. The van der Waals surface area contributed by atoms with Gasteiger partial charge in [0.15, 0.2) is 6.39 Å². The fourth-order valence-corrected chi connectivity index (χ4v) is 4.03. The van der Waals surface area contributed by atoms with E-state index < -0.39 is 5.54 Å². The lowest BCUT2D eigenvalue weighted by molar-refractivity contribution is 0.237. The average Bonchev–Trinajstić information content (AvgIpc) is 3.22. The summed E-state index contributed by atoms with van der Waals surface area (Å²) >= 11 is 0. The second kappa shape index (κ2) is 4.98. The molecule has 6 nitrogen and oxygen atoms in total. The molecule has 4 rings (SSSR count). The van der Waals surface area contributed by atoms with Crippen molar-refractivity contribution in [1.29, 1.82) is 0 Å². The average molecular weight is 299 g/mol. The van der Waals surface area contributed by atoms with Crippen molar-refractivity contribution in [2.75, 3.05) is 6.54 Å². The molecule has 1 fully saturated rings. The standard InChI is InChI=1S/C16H21N5O/c17-14-8-21-15-12(5-6-20-15)16(14,18)11-3-1-10(2-4-11)13-7-19-9-22-13/h5,7-11H,1-4,6,17-18H2,(H,20,21). The summed E-state index contributed by atoms with van der Waals surface area (Å²) in [6.45, 7) is 0.779. The van der Waals surface area contributed by atoms with Crippen LogP contribution < -0.4 is 16.8 Å². The molecule has 3 aliphatic rings. The highest BCUT2D eigenvalue weighted by Gasteiger charge is 2.46. The van der Waals surface area contributed by atoms with Crippen molar-refractivity contribution in [1.82, 2.24) is 10.3 Å². The molecule has 1 aliphatic carbocycles. The quantitative estimate of drug-likeness (QED) is 0.765. The molecular formula is C16H21N5O. The van der Waals surface area contributed by atoms with Crippen LogP contribution in [-0.4, -0.2) is 22.9 Å². The van der Waals surface area contributed by atoms with Gasteiger partial charge in [0, 0.05) is 18.0 Å². The molecule has 2 aliphatic heterocycles. The van der Waals surface area contributed by atoms with Crippen LogP contribution in [0.3, 0.4) is 0 Å². The van der Waals surface area contributed by atoms with Crippen LogP contribution in [0.15, 0.2) is 45.5 Å². The number of oxazole rings is 1. The summed E-state index contributed by atoms with van der Waals surface area (Å²) in [7, 11) is 0. The van der Waals surface area contributed by atoms with Gasteiger partial charge in [0.1, 0.15) is 11.6 Å². The highest BCUT2D eigenvalue weighted by molar-refractivity contribution is 6.04. The highest BCUT2D eigenvalue weighted by atomic mass is 16.3. The number of hydrogen-bond donors (Lipinski definition) is 3. The first-order valence-electron chi connectivity index (χ1n) is 7.85. The number of fused-ring (bicyclic) bond motifs is 1. The van der Waals surface area contributed by atoms with Crippen LogP contribution >= 0.6 is 0 Å². The lowest BCUT2D eigenvalue weighted by atomic mass is 9.67. The van der Waals surface area contributed by atoms with Crippen LogP contribution in [0.25, 0.3) is 0 Å². The summed E-state index contributed by atoms with van der Waals surface area (Å²) < 4.78 is 5.45. The largest absolute Gasteiger partial charge is 0.448 e. The lowest BCUT2D eigenvalue weighted by Crippen LogP contribution is -2.56. The molecular weight excluding hydrogens is 278 g/mol. The first kappa shape index (κ1) is 13.6. The number of aliphatic imine (C=N–C) groups is 1. The molecule has 22 heavy (non-hydrogen) atoms. The minimum atomic E-state index is -0.590. The van der Waals surface area contributed by atoms with Gasteiger partial charge < -0.3 is 21.2 Å². The minimum Gasteiger partial charge on any atom is -0.448 e. The number of hydrogen-bond acceptors (Lipinski definition) is 6. The fourth-order valence-electron chi connectivity index (χ4n) is 4.03. The van der Waals surface area contributed by atoms with Crippen molar-refractivity contribution in [3.8, 4) is 0 Å². The number of amidine groups is 1. The molecule has 0 amide bonds. The molecule has 1 atom stereocenters. The first-order valence-corrected chi connectivity index (χ1v) is 7.85. The van der Waals surface area contributed by atoms with Crippen molar-refractivity contribution in [3.63, 3.8) is 0 Å². The van der Waals surface area contributed by atoms with Gasteiger partial charge >= 0.3 is 0 Å².